The molecule has 0 spiro atoms. The van der Waals surface area contributed by atoms with Gasteiger partial charge < -0.3 is 4.74 Å². The van der Waals surface area contributed by atoms with Crippen LogP contribution in [0.3, 0.4) is 0 Å². The number of carbonyl (C=O) groups excluding carboxylic acids is 1. The van der Waals surface area contributed by atoms with Crippen molar-refractivity contribution in [3.8, 4) is 5.75 Å². The molecule has 0 fully saturated rings. The highest BCUT2D eigenvalue weighted by Gasteiger charge is 2.18. The van der Waals surface area contributed by atoms with E-state index in [-0.39, 0.29) is 11.5 Å². The topological polar surface area (TPSA) is 26.3 Å². The molecule has 0 heterocycles. The van der Waals surface area contributed by atoms with Crippen LogP contribution in [0, 0.1) is 12.7 Å². The second kappa shape index (κ2) is 6.18. The van der Waals surface area contributed by atoms with Crippen LogP contribution < -0.4 is 4.74 Å². The van der Waals surface area contributed by atoms with Gasteiger partial charge in [0.15, 0.2) is 17.7 Å². The van der Waals surface area contributed by atoms with Gasteiger partial charge in [0, 0.05) is 10.0 Å². The summed E-state index contributed by atoms with van der Waals surface area (Å²) in [7, 11) is 0. The van der Waals surface area contributed by atoms with E-state index in [1.165, 1.54) is 12.1 Å². The van der Waals surface area contributed by atoms with E-state index >= 15 is 0 Å². The monoisotopic (exact) mass is 336 g/mol. The van der Waals surface area contributed by atoms with Crippen molar-refractivity contribution in [1.82, 2.24) is 0 Å². The molecular formula is C16H14BrFO2. The number of rotatable bonds is 4. The molecule has 0 saturated carbocycles. The normalized spacial score (nSPS) is 12.0. The van der Waals surface area contributed by atoms with Crippen LogP contribution in [0.4, 0.5) is 4.39 Å². The number of benzene rings is 2. The number of halogens is 2. The van der Waals surface area contributed by atoms with Crippen LogP contribution in [0.25, 0.3) is 0 Å². The van der Waals surface area contributed by atoms with Gasteiger partial charge in [0.25, 0.3) is 0 Å². The first-order chi connectivity index (χ1) is 9.47. The Morgan fingerprint density at radius 3 is 2.45 bits per heavy atom. The van der Waals surface area contributed by atoms with Crippen molar-refractivity contribution < 1.29 is 13.9 Å². The predicted octanol–water partition coefficient (Wildman–Crippen LogP) is 4.55. The molecule has 0 aliphatic carbocycles. The van der Waals surface area contributed by atoms with Crippen LogP contribution in [0.5, 0.6) is 5.75 Å². The molecule has 1 atom stereocenters. The van der Waals surface area contributed by atoms with E-state index in [1.54, 1.807) is 25.1 Å². The van der Waals surface area contributed by atoms with Gasteiger partial charge in [-0.15, -0.1) is 0 Å². The molecule has 20 heavy (non-hydrogen) atoms. The maximum atomic E-state index is 13.7. The summed E-state index contributed by atoms with van der Waals surface area (Å²) in [4.78, 5) is 12.2. The summed E-state index contributed by atoms with van der Waals surface area (Å²) in [6.45, 7) is 3.56. The summed E-state index contributed by atoms with van der Waals surface area (Å²) in [5.74, 6) is -0.601. The smallest absolute Gasteiger partial charge is 0.202 e. The van der Waals surface area contributed by atoms with Gasteiger partial charge in [-0.2, -0.15) is 0 Å². The standard InChI is InChI=1S/C16H14BrFO2/c1-10-3-5-12(6-4-10)16(19)11(2)20-15-8-7-13(17)9-14(15)18/h3-9,11H,1-2H3. The highest BCUT2D eigenvalue weighted by atomic mass is 79.9. The van der Waals surface area contributed by atoms with Gasteiger partial charge in [0.2, 0.25) is 5.78 Å². The minimum atomic E-state index is -0.742. The van der Waals surface area contributed by atoms with E-state index in [9.17, 15) is 9.18 Å². The van der Waals surface area contributed by atoms with E-state index in [0.29, 0.717) is 10.0 Å². The summed E-state index contributed by atoms with van der Waals surface area (Å²) < 4.78 is 19.7. The zero-order valence-corrected chi connectivity index (χ0v) is 12.8. The minimum absolute atomic E-state index is 0.0705. The minimum Gasteiger partial charge on any atom is -0.479 e. The molecule has 1 unspecified atom stereocenters. The van der Waals surface area contributed by atoms with Crippen LogP contribution in [-0.4, -0.2) is 11.9 Å². The van der Waals surface area contributed by atoms with Gasteiger partial charge in [0.1, 0.15) is 0 Å². The second-order valence-corrected chi connectivity index (χ2v) is 5.48. The van der Waals surface area contributed by atoms with Gasteiger partial charge in [-0.3, -0.25) is 4.79 Å². The second-order valence-electron chi connectivity index (χ2n) is 4.57. The lowest BCUT2D eigenvalue weighted by molar-refractivity contribution is 0.0812. The third-order valence-electron chi connectivity index (χ3n) is 2.90. The predicted molar refractivity (Wildman–Crippen MR) is 79.7 cm³/mol. The molecule has 2 aromatic rings. The van der Waals surface area contributed by atoms with Gasteiger partial charge in [-0.25, -0.2) is 4.39 Å². The molecule has 0 amide bonds. The SMILES string of the molecule is Cc1ccc(C(=O)C(C)Oc2ccc(Br)cc2F)cc1. The van der Waals surface area contributed by atoms with E-state index in [1.807, 2.05) is 19.1 Å². The number of aryl methyl sites for hydroxylation is 1. The highest BCUT2D eigenvalue weighted by molar-refractivity contribution is 9.10. The molecule has 104 valence electrons. The summed E-state index contributed by atoms with van der Waals surface area (Å²) in [6.07, 6.45) is -0.742. The molecule has 0 radical (unpaired) electrons. The Balaban J connectivity index is 2.13. The molecule has 2 aromatic carbocycles. The van der Waals surface area contributed by atoms with Crippen LogP contribution >= 0.6 is 15.9 Å². The largest absolute Gasteiger partial charge is 0.479 e. The Kier molecular flexibility index (Phi) is 4.55. The van der Waals surface area contributed by atoms with Crippen molar-refractivity contribution in [3.05, 3.63) is 63.9 Å². The quantitative estimate of drug-likeness (QED) is 0.766. The molecule has 0 bridgehead atoms. The molecule has 4 heteroatoms. The first-order valence-corrected chi connectivity index (χ1v) is 6.99. The van der Waals surface area contributed by atoms with E-state index in [2.05, 4.69) is 15.9 Å². The fourth-order valence-electron chi connectivity index (χ4n) is 1.77. The molecular weight excluding hydrogens is 323 g/mol. The average molecular weight is 337 g/mol. The van der Waals surface area contributed by atoms with E-state index < -0.39 is 11.9 Å². The van der Waals surface area contributed by atoms with Gasteiger partial charge in [-0.1, -0.05) is 45.8 Å². The lowest BCUT2D eigenvalue weighted by atomic mass is 10.1. The first-order valence-electron chi connectivity index (χ1n) is 6.20. The van der Waals surface area contributed by atoms with Crippen LogP contribution in [0.1, 0.15) is 22.8 Å². The number of ether oxygens (including phenoxy) is 1. The van der Waals surface area contributed by atoms with E-state index in [0.717, 1.165) is 5.56 Å². The van der Waals surface area contributed by atoms with Crippen molar-refractivity contribution >= 4 is 21.7 Å². The number of carbonyl (C=O) groups is 1. The molecule has 0 saturated heterocycles. The maximum absolute atomic E-state index is 13.7. The highest BCUT2D eigenvalue weighted by Crippen LogP contribution is 2.23. The Bertz CT molecular complexity index is 623. The fourth-order valence-corrected chi connectivity index (χ4v) is 2.10. The van der Waals surface area contributed by atoms with Crippen LogP contribution in [0.2, 0.25) is 0 Å². The zero-order chi connectivity index (χ0) is 14.7. The van der Waals surface area contributed by atoms with Crippen molar-refractivity contribution in [2.75, 3.05) is 0 Å². The summed E-state index contributed by atoms with van der Waals surface area (Å²) >= 11 is 3.17. The van der Waals surface area contributed by atoms with Crippen LogP contribution in [-0.2, 0) is 0 Å². The fraction of sp³-hybridized carbons (Fsp3) is 0.188. The van der Waals surface area contributed by atoms with Crippen molar-refractivity contribution in [2.24, 2.45) is 0 Å². The zero-order valence-electron chi connectivity index (χ0n) is 11.2. The van der Waals surface area contributed by atoms with Crippen molar-refractivity contribution in [2.45, 2.75) is 20.0 Å². The molecule has 0 aliphatic rings. The molecule has 0 N–H and O–H groups in total. The number of hydrogen-bond acceptors (Lipinski definition) is 2. The Hall–Kier alpha value is -1.68. The molecule has 0 aliphatic heterocycles. The van der Waals surface area contributed by atoms with Gasteiger partial charge >= 0.3 is 0 Å². The summed E-state index contributed by atoms with van der Waals surface area (Å²) in [5, 5.41) is 0. The summed E-state index contributed by atoms with van der Waals surface area (Å²) in [5.41, 5.74) is 1.63. The number of ketones is 1. The molecule has 2 nitrogen and oxygen atoms in total. The lowest BCUT2D eigenvalue weighted by Gasteiger charge is -2.14. The Morgan fingerprint density at radius 1 is 1.20 bits per heavy atom. The van der Waals surface area contributed by atoms with Crippen molar-refractivity contribution in [1.29, 1.82) is 0 Å². The maximum Gasteiger partial charge on any atom is 0.202 e. The van der Waals surface area contributed by atoms with Crippen molar-refractivity contribution in [3.63, 3.8) is 0 Å². The van der Waals surface area contributed by atoms with Gasteiger partial charge in [-0.05, 0) is 32.0 Å². The summed E-state index contributed by atoms with van der Waals surface area (Å²) in [6, 6.07) is 11.7. The molecule has 0 aromatic heterocycles. The third kappa shape index (κ3) is 3.45. The molecule has 2 rings (SSSR count). The third-order valence-corrected chi connectivity index (χ3v) is 3.40. The Labute approximate surface area is 125 Å². The lowest BCUT2D eigenvalue weighted by Crippen LogP contribution is -2.24. The Morgan fingerprint density at radius 2 is 1.85 bits per heavy atom. The van der Waals surface area contributed by atoms with E-state index in [4.69, 9.17) is 4.74 Å². The average Bonchev–Trinajstić information content (AvgIpc) is 2.42. The van der Waals surface area contributed by atoms with Gasteiger partial charge in [0.05, 0.1) is 0 Å². The van der Waals surface area contributed by atoms with Crippen LogP contribution in [0.15, 0.2) is 46.9 Å². The number of hydrogen-bond donors (Lipinski definition) is 0. The first kappa shape index (κ1) is 14.7. The number of Topliss-reactive ketones (excluding diaryl/α,β-unsaturated/α-hetero) is 1.